The van der Waals surface area contributed by atoms with Crippen molar-refractivity contribution in [2.45, 2.75) is 32.4 Å². The van der Waals surface area contributed by atoms with Gasteiger partial charge in [-0.15, -0.1) is 0 Å². The van der Waals surface area contributed by atoms with Gasteiger partial charge in [-0.3, -0.25) is 10.00 Å². The monoisotopic (exact) mass is 271 g/mol. The fourth-order valence-corrected chi connectivity index (χ4v) is 3.05. The van der Waals surface area contributed by atoms with Crippen LogP contribution in [0.2, 0.25) is 0 Å². The highest BCUT2D eigenvalue weighted by molar-refractivity contribution is 5.43. The van der Waals surface area contributed by atoms with E-state index in [0.717, 1.165) is 18.9 Å². The van der Waals surface area contributed by atoms with E-state index in [0.29, 0.717) is 6.04 Å². The summed E-state index contributed by atoms with van der Waals surface area (Å²) in [6.45, 7) is 4.17. The van der Waals surface area contributed by atoms with Crippen molar-refractivity contribution in [2.75, 3.05) is 18.9 Å². The number of hydrogen-bond acceptors (Lipinski definition) is 4. The van der Waals surface area contributed by atoms with E-state index >= 15 is 0 Å². The molecule has 1 atom stereocenters. The highest BCUT2D eigenvalue weighted by Crippen LogP contribution is 2.34. The van der Waals surface area contributed by atoms with E-state index in [1.54, 1.807) is 0 Å². The second kappa shape index (κ2) is 5.63. The first-order valence-electron chi connectivity index (χ1n) is 7.15. The van der Waals surface area contributed by atoms with Crippen molar-refractivity contribution >= 4 is 5.82 Å². The van der Waals surface area contributed by atoms with Crippen LogP contribution >= 0.6 is 0 Å². The van der Waals surface area contributed by atoms with Gasteiger partial charge in [-0.1, -0.05) is 6.07 Å². The molecule has 0 aromatic carbocycles. The fourth-order valence-electron chi connectivity index (χ4n) is 3.05. The number of H-pyrrole nitrogens is 1. The maximum Gasteiger partial charge on any atom is 0.130 e. The Labute approximate surface area is 119 Å². The zero-order valence-corrected chi connectivity index (χ0v) is 12.1. The van der Waals surface area contributed by atoms with E-state index in [2.05, 4.69) is 38.4 Å². The predicted molar refractivity (Wildman–Crippen MR) is 79.5 cm³/mol. The zero-order chi connectivity index (χ0) is 13.9. The van der Waals surface area contributed by atoms with Gasteiger partial charge in [0.15, 0.2) is 0 Å². The van der Waals surface area contributed by atoms with Gasteiger partial charge in [-0.25, -0.2) is 4.98 Å². The largest absolute Gasteiger partial charge is 0.373 e. The summed E-state index contributed by atoms with van der Waals surface area (Å²) in [6.07, 6.45) is 6.17. The number of pyridine rings is 1. The molecule has 1 fully saturated rings. The summed E-state index contributed by atoms with van der Waals surface area (Å²) in [5, 5.41) is 10.5. The van der Waals surface area contributed by atoms with Crippen LogP contribution < -0.4 is 5.32 Å². The minimum absolute atomic E-state index is 0.447. The average Bonchev–Trinajstić information content (AvgIpc) is 3.08. The lowest BCUT2D eigenvalue weighted by Gasteiger charge is -2.24. The molecule has 20 heavy (non-hydrogen) atoms. The Hall–Kier alpha value is -1.88. The minimum Gasteiger partial charge on any atom is -0.373 e. The van der Waals surface area contributed by atoms with Gasteiger partial charge in [0.2, 0.25) is 0 Å². The summed E-state index contributed by atoms with van der Waals surface area (Å²) < 4.78 is 0. The maximum atomic E-state index is 4.39. The standard InChI is InChI=1S/C15H21N5/c1-11-9-18-19-14(11)13-6-4-8-20(13)10-12-5-3-7-17-15(12)16-2/h3,5,7,9,13H,4,6,8,10H2,1-2H3,(H,16,17)(H,18,19)/t13-/m1/s1. The van der Waals surface area contributed by atoms with Crippen molar-refractivity contribution in [2.24, 2.45) is 0 Å². The third-order valence-corrected chi connectivity index (χ3v) is 4.07. The lowest BCUT2D eigenvalue weighted by atomic mass is 10.1. The van der Waals surface area contributed by atoms with Crippen molar-refractivity contribution in [3.05, 3.63) is 41.3 Å². The molecule has 0 aliphatic carbocycles. The van der Waals surface area contributed by atoms with Crippen LogP contribution in [-0.2, 0) is 6.54 Å². The number of nitrogens with one attached hydrogen (secondary N) is 2. The van der Waals surface area contributed by atoms with Gasteiger partial charge >= 0.3 is 0 Å². The number of aromatic nitrogens is 3. The SMILES string of the molecule is CNc1ncccc1CN1CCC[C@@H]1c1[nH]ncc1C. The molecule has 0 radical (unpaired) electrons. The Balaban J connectivity index is 1.81. The molecule has 1 aliphatic rings. The second-order valence-electron chi connectivity index (χ2n) is 5.36. The molecule has 3 heterocycles. The average molecular weight is 271 g/mol. The molecule has 5 heteroatoms. The Morgan fingerprint density at radius 1 is 1.50 bits per heavy atom. The maximum absolute atomic E-state index is 4.39. The lowest BCUT2D eigenvalue weighted by Crippen LogP contribution is -2.24. The van der Waals surface area contributed by atoms with E-state index in [-0.39, 0.29) is 0 Å². The Morgan fingerprint density at radius 2 is 2.40 bits per heavy atom. The molecule has 0 bridgehead atoms. The highest BCUT2D eigenvalue weighted by atomic mass is 15.2. The molecule has 0 amide bonds. The van der Waals surface area contributed by atoms with E-state index < -0.39 is 0 Å². The van der Waals surface area contributed by atoms with Gasteiger partial charge < -0.3 is 5.32 Å². The van der Waals surface area contributed by atoms with Crippen LogP contribution in [0.15, 0.2) is 24.5 Å². The summed E-state index contributed by atoms with van der Waals surface area (Å²) in [5.74, 6) is 0.972. The zero-order valence-electron chi connectivity index (χ0n) is 12.1. The summed E-state index contributed by atoms with van der Waals surface area (Å²) in [7, 11) is 1.92. The number of hydrogen-bond donors (Lipinski definition) is 2. The molecule has 0 spiro atoms. The number of anilines is 1. The van der Waals surface area contributed by atoms with E-state index in [1.807, 2.05) is 25.5 Å². The normalized spacial score (nSPS) is 19.4. The molecule has 3 rings (SSSR count). The summed E-state index contributed by atoms with van der Waals surface area (Å²) >= 11 is 0. The summed E-state index contributed by atoms with van der Waals surface area (Å²) in [4.78, 5) is 6.90. The van der Waals surface area contributed by atoms with Crippen molar-refractivity contribution in [1.29, 1.82) is 0 Å². The molecule has 5 nitrogen and oxygen atoms in total. The van der Waals surface area contributed by atoms with Crippen LogP contribution in [0.5, 0.6) is 0 Å². The van der Waals surface area contributed by atoms with E-state index in [4.69, 9.17) is 0 Å². The molecular weight excluding hydrogens is 250 g/mol. The van der Waals surface area contributed by atoms with Crippen molar-refractivity contribution in [3.8, 4) is 0 Å². The van der Waals surface area contributed by atoms with Gasteiger partial charge in [0, 0.05) is 25.4 Å². The lowest BCUT2D eigenvalue weighted by molar-refractivity contribution is 0.244. The van der Waals surface area contributed by atoms with Crippen LogP contribution in [0.1, 0.15) is 35.7 Å². The summed E-state index contributed by atoms with van der Waals surface area (Å²) in [6, 6.07) is 4.60. The topological polar surface area (TPSA) is 56.8 Å². The predicted octanol–water partition coefficient (Wildman–Crippen LogP) is 2.49. The first kappa shape index (κ1) is 13.1. The smallest absolute Gasteiger partial charge is 0.130 e. The molecule has 0 saturated carbocycles. The first-order valence-corrected chi connectivity index (χ1v) is 7.15. The van der Waals surface area contributed by atoms with E-state index in [9.17, 15) is 0 Å². The van der Waals surface area contributed by atoms with Crippen molar-refractivity contribution in [1.82, 2.24) is 20.1 Å². The number of aryl methyl sites for hydroxylation is 1. The summed E-state index contributed by atoms with van der Waals surface area (Å²) in [5.41, 5.74) is 3.76. The molecule has 106 valence electrons. The molecular formula is C15H21N5. The second-order valence-corrected chi connectivity index (χ2v) is 5.36. The van der Waals surface area contributed by atoms with Gasteiger partial charge in [0.1, 0.15) is 5.82 Å². The van der Waals surface area contributed by atoms with Crippen molar-refractivity contribution < 1.29 is 0 Å². The Morgan fingerprint density at radius 3 is 3.15 bits per heavy atom. The number of rotatable bonds is 4. The number of likely N-dealkylation sites (tertiary alicyclic amines) is 1. The van der Waals surface area contributed by atoms with Crippen LogP contribution in [-0.4, -0.2) is 33.7 Å². The molecule has 0 unspecified atom stereocenters. The van der Waals surface area contributed by atoms with Crippen LogP contribution in [0.4, 0.5) is 5.82 Å². The fraction of sp³-hybridized carbons (Fsp3) is 0.467. The molecule has 2 N–H and O–H groups in total. The molecule has 1 saturated heterocycles. The number of aromatic amines is 1. The van der Waals surface area contributed by atoms with Gasteiger partial charge in [-0.05, 0) is 37.9 Å². The molecule has 2 aromatic rings. The first-order chi connectivity index (χ1) is 9.79. The minimum atomic E-state index is 0.447. The third kappa shape index (κ3) is 2.41. The van der Waals surface area contributed by atoms with Crippen molar-refractivity contribution in [3.63, 3.8) is 0 Å². The molecule has 1 aliphatic heterocycles. The van der Waals surface area contributed by atoms with Gasteiger partial charge in [-0.2, -0.15) is 5.10 Å². The van der Waals surface area contributed by atoms with Crippen LogP contribution in [0.3, 0.4) is 0 Å². The van der Waals surface area contributed by atoms with Gasteiger partial charge in [0.05, 0.1) is 17.9 Å². The third-order valence-electron chi connectivity index (χ3n) is 4.07. The van der Waals surface area contributed by atoms with E-state index in [1.165, 1.54) is 29.7 Å². The van der Waals surface area contributed by atoms with Crippen LogP contribution in [0, 0.1) is 6.92 Å². The van der Waals surface area contributed by atoms with Crippen LogP contribution in [0.25, 0.3) is 0 Å². The van der Waals surface area contributed by atoms with Gasteiger partial charge in [0.25, 0.3) is 0 Å². The number of nitrogens with zero attached hydrogens (tertiary/aromatic N) is 3. The quantitative estimate of drug-likeness (QED) is 0.897. The Kier molecular flexibility index (Phi) is 3.69. The Bertz CT molecular complexity index is 577. The molecule has 2 aromatic heterocycles. The highest BCUT2D eigenvalue weighted by Gasteiger charge is 2.28.